The summed E-state index contributed by atoms with van der Waals surface area (Å²) in [7, 11) is 0. The molecule has 1 aromatic carbocycles. The number of carbonyl (C=O) groups is 1. The lowest BCUT2D eigenvalue weighted by molar-refractivity contribution is -0.116. The Hall–Kier alpha value is -1.43. The summed E-state index contributed by atoms with van der Waals surface area (Å²) >= 11 is 1.49. The molecule has 4 nitrogen and oxygen atoms in total. The first kappa shape index (κ1) is 18.9. The molecule has 1 fully saturated rings. The predicted molar refractivity (Wildman–Crippen MR) is 103 cm³/mol. The van der Waals surface area contributed by atoms with Gasteiger partial charge in [-0.3, -0.25) is 4.79 Å². The molecule has 0 saturated carbocycles. The molecule has 6 heteroatoms. The molecule has 0 radical (unpaired) electrons. The summed E-state index contributed by atoms with van der Waals surface area (Å²) in [5.74, 6) is 0.712. The van der Waals surface area contributed by atoms with Crippen molar-refractivity contribution in [1.29, 1.82) is 0 Å². The average Bonchev–Trinajstić information content (AvgIpc) is 3.25. The van der Waals surface area contributed by atoms with Crippen molar-refractivity contribution in [3.05, 3.63) is 35.2 Å². The molecule has 2 N–H and O–H groups in total. The third kappa shape index (κ3) is 5.03. The van der Waals surface area contributed by atoms with Gasteiger partial charge in [-0.15, -0.1) is 23.7 Å². The summed E-state index contributed by atoms with van der Waals surface area (Å²) in [5.41, 5.74) is 3.34. The van der Waals surface area contributed by atoms with Crippen molar-refractivity contribution in [3.63, 3.8) is 0 Å². The molecule has 1 saturated heterocycles. The molecular weight excluding hydrogens is 342 g/mol. The highest BCUT2D eigenvalue weighted by molar-refractivity contribution is 7.14. The highest BCUT2D eigenvalue weighted by atomic mass is 35.5. The molecule has 1 aliphatic heterocycles. The summed E-state index contributed by atoms with van der Waals surface area (Å²) in [4.78, 5) is 16.6. The van der Waals surface area contributed by atoms with Crippen molar-refractivity contribution in [3.8, 4) is 11.3 Å². The Kier molecular flexibility index (Phi) is 7.21. The van der Waals surface area contributed by atoms with Gasteiger partial charge in [-0.25, -0.2) is 4.98 Å². The van der Waals surface area contributed by atoms with Crippen molar-refractivity contribution < 1.29 is 4.79 Å². The number of carbonyl (C=O) groups excluding carboxylic acids is 1. The number of rotatable bonds is 6. The maximum Gasteiger partial charge on any atom is 0.226 e. The van der Waals surface area contributed by atoms with E-state index in [0.717, 1.165) is 37.2 Å². The Bertz CT molecular complexity index is 651. The van der Waals surface area contributed by atoms with Crippen LogP contribution in [0.25, 0.3) is 11.3 Å². The Balaban J connectivity index is 0.00000208. The fourth-order valence-corrected chi connectivity index (χ4v) is 3.59. The summed E-state index contributed by atoms with van der Waals surface area (Å²) < 4.78 is 0. The molecule has 0 aliphatic carbocycles. The van der Waals surface area contributed by atoms with Gasteiger partial charge in [0.2, 0.25) is 5.91 Å². The third-order valence-electron chi connectivity index (χ3n) is 4.35. The lowest BCUT2D eigenvalue weighted by Gasteiger charge is -2.07. The number of thiazole rings is 1. The number of benzene rings is 1. The number of nitrogens with one attached hydrogen (secondary N) is 2. The van der Waals surface area contributed by atoms with Crippen molar-refractivity contribution in [1.82, 2.24) is 10.3 Å². The molecule has 3 rings (SSSR count). The van der Waals surface area contributed by atoms with E-state index in [1.54, 1.807) is 0 Å². The minimum absolute atomic E-state index is 0. The summed E-state index contributed by atoms with van der Waals surface area (Å²) in [6.45, 7) is 4.27. The van der Waals surface area contributed by atoms with Crippen LogP contribution in [-0.4, -0.2) is 24.0 Å². The second-order valence-corrected chi connectivity index (χ2v) is 6.89. The molecule has 1 unspecified atom stereocenters. The molecule has 1 aromatic heterocycles. The van der Waals surface area contributed by atoms with Crippen LogP contribution in [0.2, 0.25) is 0 Å². The number of anilines is 1. The van der Waals surface area contributed by atoms with Crippen LogP contribution in [-0.2, 0) is 11.2 Å². The second kappa shape index (κ2) is 9.16. The van der Waals surface area contributed by atoms with Crippen molar-refractivity contribution in [2.24, 2.45) is 5.92 Å². The number of hydrogen-bond acceptors (Lipinski definition) is 4. The van der Waals surface area contributed by atoms with E-state index in [-0.39, 0.29) is 18.3 Å². The molecule has 2 aromatic rings. The predicted octanol–water partition coefficient (Wildman–Crippen LogP) is 4.12. The topological polar surface area (TPSA) is 54.0 Å². The fourth-order valence-electron chi connectivity index (χ4n) is 2.85. The molecule has 24 heavy (non-hydrogen) atoms. The van der Waals surface area contributed by atoms with Crippen molar-refractivity contribution in [2.45, 2.75) is 32.6 Å². The van der Waals surface area contributed by atoms with Gasteiger partial charge in [-0.1, -0.05) is 31.2 Å². The van der Waals surface area contributed by atoms with Gasteiger partial charge in [0.1, 0.15) is 0 Å². The zero-order valence-corrected chi connectivity index (χ0v) is 15.5. The van der Waals surface area contributed by atoms with Crippen LogP contribution in [0.4, 0.5) is 5.13 Å². The van der Waals surface area contributed by atoms with Crippen LogP contribution in [0.5, 0.6) is 0 Å². The molecule has 1 atom stereocenters. The summed E-state index contributed by atoms with van der Waals surface area (Å²) in [6, 6.07) is 8.43. The zero-order chi connectivity index (χ0) is 16.1. The lowest BCUT2D eigenvalue weighted by Crippen LogP contribution is -2.14. The van der Waals surface area contributed by atoms with E-state index in [1.807, 2.05) is 5.38 Å². The van der Waals surface area contributed by atoms with Crippen LogP contribution >= 0.6 is 23.7 Å². The van der Waals surface area contributed by atoms with E-state index in [4.69, 9.17) is 0 Å². The Morgan fingerprint density at radius 2 is 2.17 bits per heavy atom. The maximum absolute atomic E-state index is 12.0. The number of amides is 1. The highest BCUT2D eigenvalue weighted by Crippen LogP contribution is 2.25. The number of aromatic nitrogens is 1. The van der Waals surface area contributed by atoms with Crippen molar-refractivity contribution in [2.75, 3.05) is 18.4 Å². The Labute approximate surface area is 153 Å². The van der Waals surface area contributed by atoms with Gasteiger partial charge in [0.05, 0.1) is 5.69 Å². The van der Waals surface area contributed by atoms with E-state index in [1.165, 1.54) is 23.3 Å². The van der Waals surface area contributed by atoms with Gasteiger partial charge in [0.25, 0.3) is 0 Å². The van der Waals surface area contributed by atoms with Gasteiger partial charge in [0.15, 0.2) is 5.13 Å². The van der Waals surface area contributed by atoms with Gasteiger partial charge >= 0.3 is 0 Å². The van der Waals surface area contributed by atoms with E-state index in [0.29, 0.717) is 17.5 Å². The minimum atomic E-state index is 0. The van der Waals surface area contributed by atoms with Crippen LogP contribution in [0.15, 0.2) is 29.6 Å². The summed E-state index contributed by atoms with van der Waals surface area (Å²) in [6.07, 6.45) is 3.75. The van der Waals surface area contributed by atoms with Gasteiger partial charge < -0.3 is 10.6 Å². The van der Waals surface area contributed by atoms with E-state index >= 15 is 0 Å². The SMILES string of the molecule is CCc1ccc(-c2csc(NC(=O)CCC3CCNC3)n2)cc1.Cl. The number of aryl methyl sites for hydroxylation is 1. The standard InChI is InChI=1S/C18H23N3OS.ClH/c1-2-13-3-6-15(7-4-13)16-12-23-18(20-16)21-17(22)8-5-14-9-10-19-11-14;/h3-4,6-7,12,14,19H,2,5,8-11H2,1H3,(H,20,21,22);1H. The molecular formula is C18H24ClN3OS. The first-order valence-electron chi connectivity index (χ1n) is 8.30. The van der Waals surface area contributed by atoms with E-state index < -0.39 is 0 Å². The Morgan fingerprint density at radius 1 is 1.38 bits per heavy atom. The monoisotopic (exact) mass is 365 g/mol. The van der Waals surface area contributed by atoms with E-state index in [2.05, 4.69) is 46.8 Å². The van der Waals surface area contributed by atoms with E-state index in [9.17, 15) is 4.79 Å². The Morgan fingerprint density at radius 3 is 2.83 bits per heavy atom. The minimum Gasteiger partial charge on any atom is -0.316 e. The van der Waals surface area contributed by atoms with Gasteiger partial charge in [-0.05, 0) is 43.8 Å². The second-order valence-electron chi connectivity index (χ2n) is 6.03. The lowest BCUT2D eigenvalue weighted by atomic mass is 10.0. The zero-order valence-electron chi connectivity index (χ0n) is 13.9. The van der Waals surface area contributed by atoms with Crippen LogP contribution in [0.3, 0.4) is 0 Å². The first-order valence-corrected chi connectivity index (χ1v) is 9.18. The molecule has 1 amide bonds. The first-order chi connectivity index (χ1) is 11.2. The number of nitrogens with zero attached hydrogens (tertiary/aromatic N) is 1. The third-order valence-corrected chi connectivity index (χ3v) is 5.11. The molecule has 0 bridgehead atoms. The highest BCUT2D eigenvalue weighted by Gasteiger charge is 2.16. The number of halogens is 1. The summed E-state index contributed by atoms with van der Waals surface area (Å²) in [5, 5.41) is 8.95. The average molecular weight is 366 g/mol. The molecule has 0 spiro atoms. The smallest absolute Gasteiger partial charge is 0.226 e. The maximum atomic E-state index is 12.0. The normalized spacial score (nSPS) is 16.6. The molecule has 2 heterocycles. The largest absolute Gasteiger partial charge is 0.316 e. The molecule has 1 aliphatic rings. The fraction of sp³-hybridized carbons (Fsp3) is 0.444. The molecule has 130 valence electrons. The van der Waals surface area contributed by atoms with Gasteiger partial charge in [-0.2, -0.15) is 0 Å². The van der Waals surface area contributed by atoms with Crippen LogP contribution < -0.4 is 10.6 Å². The number of hydrogen-bond donors (Lipinski definition) is 2. The quantitative estimate of drug-likeness (QED) is 0.809. The van der Waals surface area contributed by atoms with Gasteiger partial charge in [0, 0.05) is 17.4 Å². The van der Waals surface area contributed by atoms with Crippen molar-refractivity contribution >= 4 is 34.8 Å². The van der Waals surface area contributed by atoms with Crippen LogP contribution in [0.1, 0.15) is 31.7 Å². The van der Waals surface area contributed by atoms with Crippen LogP contribution in [0, 0.1) is 5.92 Å².